The lowest BCUT2D eigenvalue weighted by atomic mass is 9.81. The van der Waals surface area contributed by atoms with Crippen molar-refractivity contribution in [3.05, 3.63) is 46.6 Å². The van der Waals surface area contributed by atoms with Crippen LogP contribution in [0, 0.1) is 30.6 Å². The summed E-state index contributed by atoms with van der Waals surface area (Å²) in [6.45, 7) is 7.94. The maximum atomic E-state index is 12.8. The van der Waals surface area contributed by atoms with Gasteiger partial charge in [0.2, 0.25) is 0 Å². The van der Waals surface area contributed by atoms with E-state index in [4.69, 9.17) is 10.5 Å². The Hall–Kier alpha value is -2.92. The molecule has 0 saturated carbocycles. The van der Waals surface area contributed by atoms with Gasteiger partial charge in [-0.1, -0.05) is 26.0 Å². The molecule has 10 nitrogen and oxygen atoms in total. The number of ether oxygens (including phenoxy) is 1. The fourth-order valence-electron chi connectivity index (χ4n) is 5.23. The quantitative estimate of drug-likeness (QED) is 0.281. The zero-order valence-corrected chi connectivity index (χ0v) is 23.4. The number of rotatable bonds is 3. The second-order valence-corrected chi connectivity index (χ2v) is 10.8. The minimum absolute atomic E-state index is 0.0826. The number of primary amides is 1. The number of benzene rings is 1. The van der Waals surface area contributed by atoms with Gasteiger partial charge in [-0.05, 0) is 68.7 Å². The fourth-order valence-corrected chi connectivity index (χ4v) is 5.23. The number of carbonyl (C=O) groups excluding carboxylic acids is 2. The molecule has 7 atom stereocenters. The van der Waals surface area contributed by atoms with Crippen molar-refractivity contribution in [1.29, 1.82) is 0 Å². The second-order valence-electron chi connectivity index (χ2n) is 10.8. The van der Waals surface area contributed by atoms with Crippen LogP contribution in [-0.4, -0.2) is 63.0 Å². The van der Waals surface area contributed by atoms with Crippen LogP contribution in [0.4, 0.5) is 10.5 Å². The minimum Gasteiger partial charge on any atom is -0.508 e. The lowest BCUT2D eigenvalue weighted by molar-refractivity contribution is -0.112. The minimum atomic E-state index is -1.04. The van der Waals surface area contributed by atoms with Gasteiger partial charge >= 0.3 is 6.09 Å². The molecule has 1 aliphatic heterocycles. The highest BCUT2D eigenvalue weighted by Crippen LogP contribution is 2.36. The lowest BCUT2D eigenvalue weighted by Crippen LogP contribution is -2.35. The van der Waals surface area contributed by atoms with Crippen LogP contribution in [-0.2, 0) is 9.53 Å². The normalized spacial score (nSPS) is 29.7. The van der Waals surface area contributed by atoms with Crippen LogP contribution in [0.25, 0.3) is 0 Å². The molecule has 39 heavy (non-hydrogen) atoms. The Kier molecular flexibility index (Phi) is 12.0. The number of hydrogen-bond acceptors (Lipinski definition) is 8. The van der Waals surface area contributed by atoms with Gasteiger partial charge in [0.25, 0.3) is 5.91 Å². The molecular formula is C29H44N2O8. The van der Waals surface area contributed by atoms with Crippen LogP contribution in [0.1, 0.15) is 64.2 Å². The molecule has 1 aromatic carbocycles. The number of aromatic hydroxyl groups is 1. The van der Waals surface area contributed by atoms with Crippen LogP contribution in [0.15, 0.2) is 35.4 Å². The molecular weight excluding hydrogens is 504 g/mol. The SMILES string of the molecule is CC1=CCC[C@H](CO)[C@@H](OC(N)=O)C(C)=C[C@H](C)[C@@H](O)[C@@H](CO)C[C@H](C)[C@@H](O)c2cc(cc(O)c2C)NC1=O. The fraction of sp³-hybridized carbons (Fsp3) is 0.586. The first kappa shape index (κ1) is 32.3. The van der Waals surface area contributed by atoms with Crippen molar-refractivity contribution in [3.63, 3.8) is 0 Å². The summed E-state index contributed by atoms with van der Waals surface area (Å²) < 4.78 is 5.35. The number of aliphatic hydroxyl groups is 4. The molecule has 0 aliphatic carbocycles. The molecule has 0 radical (unpaired) electrons. The van der Waals surface area contributed by atoms with Gasteiger partial charge in [-0.2, -0.15) is 0 Å². The number of anilines is 1. The third-order valence-corrected chi connectivity index (χ3v) is 7.69. The molecule has 1 aromatic rings. The Morgan fingerprint density at radius 1 is 1.10 bits per heavy atom. The van der Waals surface area contributed by atoms with Crippen molar-refractivity contribution < 1.29 is 39.9 Å². The van der Waals surface area contributed by atoms with Gasteiger partial charge < -0.3 is 41.3 Å². The first-order valence-electron chi connectivity index (χ1n) is 13.3. The first-order chi connectivity index (χ1) is 18.3. The van der Waals surface area contributed by atoms with Gasteiger partial charge in [0.1, 0.15) is 11.9 Å². The van der Waals surface area contributed by atoms with Crippen LogP contribution in [0.5, 0.6) is 5.75 Å². The van der Waals surface area contributed by atoms with Crippen LogP contribution in [0.2, 0.25) is 0 Å². The number of aliphatic hydroxyl groups excluding tert-OH is 4. The highest BCUT2D eigenvalue weighted by atomic mass is 16.6. The number of amides is 2. The highest BCUT2D eigenvalue weighted by molar-refractivity contribution is 6.03. The van der Waals surface area contributed by atoms with E-state index in [1.165, 1.54) is 6.07 Å². The molecule has 1 aliphatic rings. The van der Waals surface area contributed by atoms with Gasteiger partial charge in [-0.25, -0.2) is 4.79 Å². The molecule has 0 spiro atoms. The number of hydrogen-bond donors (Lipinski definition) is 7. The molecule has 2 bridgehead atoms. The van der Waals surface area contributed by atoms with E-state index in [1.54, 1.807) is 52.8 Å². The predicted molar refractivity (Wildman–Crippen MR) is 148 cm³/mol. The van der Waals surface area contributed by atoms with Gasteiger partial charge in [0, 0.05) is 48.3 Å². The topological polar surface area (TPSA) is 183 Å². The van der Waals surface area contributed by atoms with E-state index in [9.17, 15) is 35.1 Å². The summed E-state index contributed by atoms with van der Waals surface area (Å²) in [5.74, 6) is -2.49. The van der Waals surface area contributed by atoms with E-state index in [-0.39, 0.29) is 25.4 Å². The molecule has 0 fully saturated rings. The van der Waals surface area contributed by atoms with Gasteiger partial charge in [-0.15, -0.1) is 0 Å². The summed E-state index contributed by atoms with van der Waals surface area (Å²) >= 11 is 0. The van der Waals surface area contributed by atoms with E-state index in [0.717, 1.165) is 0 Å². The Balaban J connectivity index is 2.56. The third-order valence-electron chi connectivity index (χ3n) is 7.69. The van der Waals surface area contributed by atoms with Crippen molar-refractivity contribution in [3.8, 4) is 5.75 Å². The zero-order valence-electron chi connectivity index (χ0n) is 23.4. The van der Waals surface area contributed by atoms with Crippen molar-refractivity contribution in [2.24, 2.45) is 29.4 Å². The van der Waals surface area contributed by atoms with Gasteiger partial charge in [0.15, 0.2) is 0 Å². The molecule has 1 heterocycles. The molecule has 0 aromatic heterocycles. The summed E-state index contributed by atoms with van der Waals surface area (Å²) in [5.41, 5.74) is 7.52. The van der Waals surface area contributed by atoms with Crippen molar-refractivity contribution in [2.75, 3.05) is 18.5 Å². The lowest BCUT2D eigenvalue weighted by Gasteiger charge is -2.31. The number of phenolic OH excluding ortho intramolecular Hbond substituents is 1. The predicted octanol–water partition coefficient (Wildman–Crippen LogP) is 3.06. The molecule has 2 rings (SSSR count). The van der Waals surface area contributed by atoms with Crippen molar-refractivity contribution in [2.45, 2.75) is 72.2 Å². The van der Waals surface area contributed by atoms with E-state index in [1.807, 2.05) is 0 Å². The number of nitrogens with one attached hydrogen (secondary N) is 1. The molecule has 10 heteroatoms. The van der Waals surface area contributed by atoms with E-state index >= 15 is 0 Å². The monoisotopic (exact) mass is 548 g/mol. The average molecular weight is 549 g/mol. The Bertz CT molecular complexity index is 1070. The number of nitrogens with two attached hydrogens (primary N) is 1. The maximum absolute atomic E-state index is 12.8. The Morgan fingerprint density at radius 3 is 2.33 bits per heavy atom. The Labute approximate surface area is 230 Å². The summed E-state index contributed by atoms with van der Waals surface area (Å²) in [6.07, 6.45) is 0.576. The van der Waals surface area contributed by atoms with E-state index in [2.05, 4.69) is 5.32 Å². The summed E-state index contributed by atoms with van der Waals surface area (Å²) in [4.78, 5) is 24.5. The number of allylic oxidation sites excluding steroid dienone is 1. The van der Waals surface area contributed by atoms with Crippen molar-refractivity contribution >= 4 is 17.7 Å². The Morgan fingerprint density at radius 2 is 1.74 bits per heavy atom. The summed E-state index contributed by atoms with van der Waals surface area (Å²) in [7, 11) is 0. The number of carbonyl (C=O) groups is 2. The van der Waals surface area contributed by atoms with Crippen molar-refractivity contribution in [1.82, 2.24) is 0 Å². The highest BCUT2D eigenvalue weighted by Gasteiger charge is 2.31. The largest absolute Gasteiger partial charge is 0.508 e. The first-order valence-corrected chi connectivity index (χ1v) is 13.3. The number of phenols is 1. The van der Waals surface area contributed by atoms with Crippen LogP contribution >= 0.6 is 0 Å². The molecule has 8 N–H and O–H groups in total. The standard InChI is InChI=1S/C29H44N2O8/c1-15-7-6-8-20(13-32)27(39-29(30)38)18(4)9-16(2)25(35)21(14-33)10-17(3)26(36)23-11-22(31-28(15)37)12-24(34)19(23)5/h7,9,11-12,16-17,20-21,25-27,32-36H,6,8,10,13-14H2,1-5H3,(H2,30,38)(H,31,37)/t16-,17-,20+,21+,25+,26+,27-/m0/s1. The zero-order chi connectivity index (χ0) is 29.4. The second kappa shape index (κ2) is 14.5. The number of fused-ring (bicyclic) bond motifs is 2. The molecule has 218 valence electrons. The molecule has 2 amide bonds. The third kappa shape index (κ3) is 8.53. The van der Waals surface area contributed by atoms with E-state index < -0.39 is 54.0 Å². The van der Waals surface area contributed by atoms with E-state index in [0.29, 0.717) is 40.8 Å². The molecule has 0 unspecified atom stereocenters. The van der Waals surface area contributed by atoms with Crippen LogP contribution in [0.3, 0.4) is 0 Å². The van der Waals surface area contributed by atoms with Crippen LogP contribution < -0.4 is 11.1 Å². The average Bonchev–Trinajstić information content (AvgIpc) is 2.88. The maximum Gasteiger partial charge on any atom is 0.405 e. The smallest absolute Gasteiger partial charge is 0.405 e. The van der Waals surface area contributed by atoms with Gasteiger partial charge in [-0.3, -0.25) is 4.79 Å². The van der Waals surface area contributed by atoms with Gasteiger partial charge in [0.05, 0.1) is 12.2 Å². The molecule has 0 saturated heterocycles. The summed E-state index contributed by atoms with van der Waals surface area (Å²) in [6, 6.07) is 3.02. The summed E-state index contributed by atoms with van der Waals surface area (Å²) in [5, 5.41) is 55.7.